The minimum absolute atomic E-state index is 0.0533. The van der Waals surface area contributed by atoms with Gasteiger partial charge in [0, 0.05) is 25.0 Å². The number of morpholine rings is 1. The summed E-state index contributed by atoms with van der Waals surface area (Å²) in [5.41, 5.74) is 0. The lowest BCUT2D eigenvalue weighted by atomic mass is 10.2. The first-order valence-corrected chi connectivity index (χ1v) is 6.27. The van der Waals surface area contributed by atoms with Gasteiger partial charge in [0.05, 0.1) is 6.61 Å². The third-order valence-corrected chi connectivity index (χ3v) is 3.07. The fourth-order valence-electron chi connectivity index (χ4n) is 1.91. The highest BCUT2D eigenvalue weighted by Gasteiger charge is 2.27. The van der Waals surface area contributed by atoms with Crippen molar-refractivity contribution in [2.75, 3.05) is 19.7 Å². The Morgan fingerprint density at radius 2 is 2.06 bits per heavy atom. The molecule has 5 heteroatoms. The molecule has 5 nitrogen and oxygen atoms in total. The van der Waals surface area contributed by atoms with Crippen LogP contribution in [0.5, 0.6) is 0 Å². The Hall–Kier alpha value is -0.940. The van der Waals surface area contributed by atoms with E-state index >= 15 is 0 Å². The van der Waals surface area contributed by atoms with Crippen LogP contribution in [-0.2, 0) is 4.74 Å². The van der Waals surface area contributed by atoms with E-state index in [1.54, 1.807) is 0 Å². The molecule has 1 unspecified atom stereocenters. The molecular weight excluding hydrogens is 218 g/mol. The van der Waals surface area contributed by atoms with Crippen molar-refractivity contribution < 1.29 is 9.26 Å². The van der Waals surface area contributed by atoms with Crippen LogP contribution >= 0.6 is 0 Å². The second-order valence-electron chi connectivity index (χ2n) is 5.09. The Kier molecular flexibility index (Phi) is 3.79. The molecule has 0 saturated carbocycles. The van der Waals surface area contributed by atoms with Gasteiger partial charge in [-0.25, -0.2) is 0 Å². The summed E-state index contributed by atoms with van der Waals surface area (Å²) < 4.78 is 10.9. The largest absolute Gasteiger partial charge is 0.367 e. The Morgan fingerprint density at radius 1 is 1.29 bits per heavy atom. The zero-order valence-corrected chi connectivity index (χ0v) is 11.0. The average molecular weight is 239 g/mol. The molecule has 0 bridgehead atoms. The molecule has 0 amide bonds. The maximum atomic E-state index is 5.71. The lowest BCUT2D eigenvalue weighted by Gasteiger charge is -2.34. The Balaban J connectivity index is 2.05. The highest BCUT2D eigenvalue weighted by Crippen LogP contribution is 2.22. The highest BCUT2D eigenvalue weighted by molar-refractivity contribution is 4.96. The van der Waals surface area contributed by atoms with Crippen molar-refractivity contribution in [3.63, 3.8) is 0 Å². The normalized spacial score (nSPS) is 22.6. The number of aromatic nitrogens is 2. The quantitative estimate of drug-likeness (QED) is 0.807. The monoisotopic (exact) mass is 239 g/mol. The van der Waals surface area contributed by atoms with Gasteiger partial charge in [-0.1, -0.05) is 19.0 Å². The molecule has 2 heterocycles. The summed E-state index contributed by atoms with van der Waals surface area (Å²) >= 11 is 0. The first kappa shape index (κ1) is 12.5. The molecule has 1 saturated heterocycles. The third kappa shape index (κ3) is 2.84. The summed E-state index contributed by atoms with van der Waals surface area (Å²) in [5.74, 6) is 1.63. The molecule has 0 aliphatic carbocycles. The Morgan fingerprint density at radius 3 is 2.65 bits per heavy atom. The van der Waals surface area contributed by atoms with Gasteiger partial charge in [-0.15, -0.1) is 0 Å². The molecule has 2 rings (SSSR count). The van der Waals surface area contributed by atoms with E-state index in [9.17, 15) is 0 Å². The number of hydrogen-bond acceptors (Lipinski definition) is 5. The first-order chi connectivity index (χ1) is 8.08. The summed E-state index contributed by atoms with van der Waals surface area (Å²) in [6.07, 6.45) is -0.0533. The van der Waals surface area contributed by atoms with Crippen LogP contribution in [0.4, 0.5) is 0 Å². The fourth-order valence-corrected chi connectivity index (χ4v) is 1.91. The summed E-state index contributed by atoms with van der Waals surface area (Å²) in [6, 6.07) is 0.526. The fraction of sp³-hybridized carbons (Fsp3) is 0.833. The van der Waals surface area contributed by atoms with E-state index in [2.05, 4.69) is 28.9 Å². The standard InChI is InChI=1S/C12H21N3O2/c1-8(2)12-13-11(14-17-12)10-7-15(9(3)4)5-6-16-10/h8-10H,5-7H2,1-4H3. The van der Waals surface area contributed by atoms with Crippen LogP contribution in [0.1, 0.15) is 51.4 Å². The van der Waals surface area contributed by atoms with Crippen LogP contribution in [0.25, 0.3) is 0 Å². The van der Waals surface area contributed by atoms with Crippen molar-refractivity contribution >= 4 is 0 Å². The molecule has 17 heavy (non-hydrogen) atoms. The molecule has 1 aliphatic rings. The van der Waals surface area contributed by atoms with Gasteiger partial charge in [-0.2, -0.15) is 4.98 Å². The lowest BCUT2D eigenvalue weighted by Crippen LogP contribution is -2.42. The van der Waals surface area contributed by atoms with Crippen LogP contribution in [0.2, 0.25) is 0 Å². The molecule has 0 radical (unpaired) electrons. The van der Waals surface area contributed by atoms with Crippen molar-refractivity contribution in [1.82, 2.24) is 15.0 Å². The van der Waals surface area contributed by atoms with E-state index in [0.717, 1.165) is 19.7 Å². The Labute approximate surface area is 102 Å². The van der Waals surface area contributed by atoms with Crippen molar-refractivity contribution in [2.24, 2.45) is 0 Å². The van der Waals surface area contributed by atoms with Crippen LogP contribution in [-0.4, -0.2) is 40.8 Å². The van der Waals surface area contributed by atoms with Crippen molar-refractivity contribution in [3.05, 3.63) is 11.7 Å². The van der Waals surface area contributed by atoms with E-state index in [-0.39, 0.29) is 12.0 Å². The van der Waals surface area contributed by atoms with Gasteiger partial charge < -0.3 is 9.26 Å². The van der Waals surface area contributed by atoms with Gasteiger partial charge in [0.15, 0.2) is 0 Å². The average Bonchev–Trinajstić information content (AvgIpc) is 2.78. The summed E-state index contributed by atoms with van der Waals surface area (Å²) in [4.78, 5) is 6.77. The van der Waals surface area contributed by atoms with Gasteiger partial charge in [0.1, 0.15) is 6.10 Å². The smallest absolute Gasteiger partial charge is 0.229 e. The number of ether oxygens (including phenoxy) is 1. The number of nitrogens with zero attached hydrogens (tertiary/aromatic N) is 3. The molecule has 0 aromatic carbocycles. The SMILES string of the molecule is CC(C)c1nc(C2CN(C(C)C)CCO2)no1. The highest BCUT2D eigenvalue weighted by atomic mass is 16.5. The molecule has 1 aromatic rings. The van der Waals surface area contributed by atoms with Crippen LogP contribution in [0, 0.1) is 0 Å². The van der Waals surface area contributed by atoms with Crippen LogP contribution < -0.4 is 0 Å². The van der Waals surface area contributed by atoms with E-state index in [1.807, 2.05) is 13.8 Å². The first-order valence-electron chi connectivity index (χ1n) is 6.27. The van der Waals surface area contributed by atoms with Gasteiger partial charge in [-0.05, 0) is 13.8 Å². The molecule has 96 valence electrons. The summed E-state index contributed by atoms with van der Waals surface area (Å²) in [6.45, 7) is 11.0. The maximum Gasteiger partial charge on any atom is 0.229 e. The zero-order valence-electron chi connectivity index (χ0n) is 11.0. The zero-order chi connectivity index (χ0) is 12.4. The summed E-state index contributed by atoms with van der Waals surface area (Å²) in [5, 5.41) is 4.02. The number of rotatable bonds is 3. The maximum absolute atomic E-state index is 5.71. The molecule has 1 fully saturated rings. The predicted molar refractivity (Wildman–Crippen MR) is 63.8 cm³/mol. The number of hydrogen-bond donors (Lipinski definition) is 0. The molecule has 1 aliphatic heterocycles. The van der Waals surface area contributed by atoms with Crippen molar-refractivity contribution in [1.29, 1.82) is 0 Å². The topological polar surface area (TPSA) is 51.4 Å². The minimum Gasteiger partial charge on any atom is -0.367 e. The second kappa shape index (κ2) is 5.14. The minimum atomic E-state index is -0.0533. The van der Waals surface area contributed by atoms with E-state index in [0.29, 0.717) is 17.8 Å². The van der Waals surface area contributed by atoms with Crippen LogP contribution in [0.3, 0.4) is 0 Å². The van der Waals surface area contributed by atoms with Crippen LogP contribution in [0.15, 0.2) is 4.52 Å². The van der Waals surface area contributed by atoms with Crippen molar-refractivity contribution in [2.45, 2.75) is 45.8 Å². The van der Waals surface area contributed by atoms with Gasteiger partial charge in [-0.3, -0.25) is 4.90 Å². The van der Waals surface area contributed by atoms with Gasteiger partial charge in [0.25, 0.3) is 0 Å². The van der Waals surface area contributed by atoms with Gasteiger partial charge in [0.2, 0.25) is 11.7 Å². The van der Waals surface area contributed by atoms with E-state index < -0.39 is 0 Å². The molecular formula is C12H21N3O2. The third-order valence-electron chi connectivity index (χ3n) is 3.07. The predicted octanol–water partition coefficient (Wildman–Crippen LogP) is 1.97. The van der Waals surface area contributed by atoms with E-state index in [4.69, 9.17) is 9.26 Å². The lowest BCUT2D eigenvalue weighted by molar-refractivity contribution is -0.0450. The summed E-state index contributed by atoms with van der Waals surface area (Å²) in [7, 11) is 0. The second-order valence-corrected chi connectivity index (χ2v) is 5.09. The molecule has 1 aromatic heterocycles. The molecule has 1 atom stereocenters. The molecule has 0 N–H and O–H groups in total. The van der Waals surface area contributed by atoms with E-state index in [1.165, 1.54) is 0 Å². The van der Waals surface area contributed by atoms with Crippen molar-refractivity contribution in [3.8, 4) is 0 Å². The Bertz CT molecular complexity index is 362. The molecule has 0 spiro atoms. The van der Waals surface area contributed by atoms with Gasteiger partial charge >= 0.3 is 0 Å².